The molecule has 1 aromatic carbocycles. The molecule has 0 bridgehead atoms. The first-order valence-electron chi connectivity index (χ1n) is 8.38. The van der Waals surface area contributed by atoms with Gasteiger partial charge in [-0.3, -0.25) is 4.57 Å². The third-order valence-electron chi connectivity index (χ3n) is 4.06. The van der Waals surface area contributed by atoms with Crippen molar-refractivity contribution in [2.75, 3.05) is 0 Å². The number of rotatable bonds is 7. The molecular formula is C19H25FN2O. The van der Waals surface area contributed by atoms with Crippen LogP contribution in [-0.4, -0.2) is 16.6 Å². The highest BCUT2D eigenvalue weighted by atomic mass is 19.1. The molecule has 0 aliphatic heterocycles. The summed E-state index contributed by atoms with van der Waals surface area (Å²) in [5, 5.41) is 3.07. The molecule has 1 atom stereocenters. The largest absolute Gasteiger partial charge is 0.335 e. The van der Waals surface area contributed by atoms with Gasteiger partial charge in [0.1, 0.15) is 5.82 Å². The maximum absolute atomic E-state index is 13.3. The van der Waals surface area contributed by atoms with Gasteiger partial charge in [0.05, 0.1) is 0 Å². The fourth-order valence-corrected chi connectivity index (χ4v) is 2.63. The second-order valence-corrected chi connectivity index (χ2v) is 5.87. The molecule has 3 nitrogen and oxygen atoms in total. The van der Waals surface area contributed by atoms with Crippen LogP contribution in [0.5, 0.6) is 0 Å². The summed E-state index contributed by atoms with van der Waals surface area (Å²) in [6.07, 6.45) is 8.90. The van der Waals surface area contributed by atoms with Crippen LogP contribution in [0.3, 0.4) is 0 Å². The quantitative estimate of drug-likeness (QED) is 0.699. The van der Waals surface area contributed by atoms with Crippen molar-refractivity contribution in [3.05, 3.63) is 48.5 Å². The van der Waals surface area contributed by atoms with Gasteiger partial charge in [0.15, 0.2) is 0 Å². The molecule has 0 aliphatic carbocycles. The van der Waals surface area contributed by atoms with Gasteiger partial charge in [-0.15, -0.1) is 0 Å². The Morgan fingerprint density at radius 2 is 2.04 bits per heavy atom. The third-order valence-corrected chi connectivity index (χ3v) is 4.06. The fourth-order valence-electron chi connectivity index (χ4n) is 2.63. The van der Waals surface area contributed by atoms with Crippen molar-refractivity contribution in [1.82, 2.24) is 9.88 Å². The lowest BCUT2D eigenvalue weighted by molar-refractivity contribution is 0.237. The van der Waals surface area contributed by atoms with E-state index in [1.165, 1.54) is 29.5 Å². The van der Waals surface area contributed by atoms with Crippen LogP contribution in [-0.2, 0) is 0 Å². The van der Waals surface area contributed by atoms with Crippen LogP contribution in [0, 0.1) is 5.82 Å². The minimum absolute atomic E-state index is 0.129. The molecule has 0 fully saturated rings. The molecule has 1 amide bonds. The highest BCUT2D eigenvalue weighted by molar-refractivity contribution is 5.79. The number of unbranched alkanes of at least 4 members (excludes halogenated alkanes) is 2. The van der Waals surface area contributed by atoms with Gasteiger partial charge >= 0.3 is 6.03 Å². The maximum Gasteiger partial charge on any atom is 0.325 e. The van der Waals surface area contributed by atoms with Crippen LogP contribution in [0.1, 0.15) is 46.0 Å². The monoisotopic (exact) mass is 316 g/mol. The second kappa shape index (κ2) is 8.51. The van der Waals surface area contributed by atoms with Gasteiger partial charge in [-0.25, -0.2) is 9.18 Å². The summed E-state index contributed by atoms with van der Waals surface area (Å²) in [5.74, 6) is -0.276. The van der Waals surface area contributed by atoms with Crippen LogP contribution in [0.15, 0.2) is 42.7 Å². The summed E-state index contributed by atoms with van der Waals surface area (Å²) in [6, 6.07) is 8.28. The minimum Gasteiger partial charge on any atom is -0.335 e. The first-order valence-corrected chi connectivity index (χ1v) is 8.38. The van der Waals surface area contributed by atoms with E-state index < -0.39 is 0 Å². The lowest BCUT2D eigenvalue weighted by Gasteiger charge is -2.16. The van der Waals surface area contributed by atoms with E-state index in [9.17, 15) is 9.18 Å². The van der Waals surface area contributed by atoms with E-state index in [0.29, 0.717) is 0 Å². The van der Waals surface area contributed by atoms with Crippen molar-refractivity contribution in [2.45, 2.75) is 52.0 Å². The molecule has 0 saturated carbocycles. The number of hydrogen-bond donors (Lipinski definition) is 1. The number of amides is 1. The second-order valence-electron chi connectivity index (χ2n) is 5.87. The molecule has 23 heavy (non-hydrogen) atoms. The lowest BCUT2D eigenvalue weighted by Crippen LogP contribution is -2.36. The Morgan fingerprint density at radius 3 is 2.74 bits per heavy atom. The first-order chi connectivity index (χ1) is 11.1. The molecule has 124 valence electrons. The van der Waals surface area contributed by atoms with E-state index in [-0.39, 0.29) is 17.9 Å². The molecule has 1 N–H and O–H groups in total. The van der Waals surface area contributed by atoms with E-state index in [4.69, 9.17) is 0 Å². The van der Waals surface area contributed by atoms with Gasteiger partial charge in [0.2, 0.25) is 0 Å². The number of carbonyl (C=O) groups excluding carboxylic acids is 1. The van der Waals surface area contributed by atoms with Crippen LogP contribution in [0.4, 0.5) is 9.18 Å². The number of hydrogen-bond acceptors (Lipinski definition) is 1. The smallest absolute Gasteiger partial charge is 0.325 e. The van der Waals surface area contributed by atoms with Crippen molar-refractivity contribution >= 4 is 6.03 Å². The molecule has 0 radical (unpaired) electrons. The van der Waals surface area contributed by atoms with Gasteiger partial charge in [-0.2, -0.15) is 0 Å². The number of nitrogens with one attached hydrogen (secondary N) is 1. The van der Waals surface area contributed by atoms with E-state index in [2.05, 4.69) is 19.2 Å². The summed E-state index contributed by atoms with van der Waals surface area (Å²) in [4.78, 5) is 12.3. The van der Waals surface area contributed by atoms with Crippen LogP contribution in [0.25, 0.3) is 11.1 Å². The van der Waals surface area contributed by atoms with E-state index in [0.717, 1.165) is 30.4 Å². The maximum atomic E-state index is 13.3. The van der Waals surface area contributed by atoms with Crippen LogP contribution < -0.4 is 5.32 Å². The number of aromatic nitrogens is 1. The average molecular weight is 316 g/mol. The SMILES string of the molecule is CCCCCC(CC)NC(=O)n1ccc(-c2cccc(F)c2)c1. The van der Waals surface area contributed by atoms with Crippen molar-refractivity contribution in [3.8, 4) is 11.1 Å². The Hall–Kier alpha value is -2.10. The Kier molecular flexibility index (Phi) is 6.39. The lowest BCUT2D eigenvalue weighted by atomic mass is 10.1. The number of nitrogens with zero attached hydrogens (tertiary/aromatic N) is 1. The molecule has 2 aromatic rings. The van der Waals surface area contributed by atoms with Crippen molar-refractivity contribution in [2.24, 2.45) is 0 Å². The molecule has 0 saturated heterocycles. The first kappa shape index (κ1) is 17.3. The molecule has 2 rings (SSSR count). The normalized spacial score (nSPS) is 12.1. The van der Waals surface area contributed by atoms with Gasteiger partial charge in [0.25, 0.3) is 0 Å². The van der Waals surface area contributed by atoms with Gasteiger partial charge in [-0.1, -0.05) is 45.2 Å². The van der Waals surface area contributed by atoms with Crippen molar-refractivity contribution in [3.63, 3.8) is 0 Å². The molecule has 0 aliphatic rings. The van der Waals surface area contributed by atoms with Crippen LogP contribution >= 0.6 is 0 Å². The zero-order valence-corrected chi connectivity index (χ0v) is 13.9. The Bertz CT molecular complexity index is 636. The number of benzene rings is 1. The predicted molar refractivity (Wildman–Crippen MR) is 92.0 cm³/mol. The Morgan fingerprint density at radius 1 is 1.22 bits per heavy atom. The molecule has 1 aromatic heterocycles. The minimum atomic E-state index is -0.276. The van der Waals surface area contributed by atoms with Crippen LogP contribution in [0.2, 0.25) is 0 Å². The molecule has 1 unspecified atom stereocenters. The average Bonchev–Trinajstić information content (AvgIpc) is 3.04. The topological polar surface area (TPSA) is 34.0 Å². The highest BCUT2D eigenvalue weighted by Crippen LogP contribution is 2.20. The molecule has 1 heterocycles. The fraction of sp³-hybridized carbons (Fsp3) is 0.421. The zero-order chi connectivity index (χ0) is 16.7. The Labute approximate surface area is 137 Å². The summed E-state index contributed by atoms with van der Waals surface area (Å²) < 4.78 is 14.8. The van der Waals surface area contributed by atoms with E-state index in [1.54, 1.807) is 18.5 Å². The van der Waals surface area contributed by atoms with Gasteiger partial charge in [-0.05, 0) is 42.2 Å². The summed E-state index contributed by atoms with van der Waals surface area (Å²) in [6.45, 7) is 4.26. The number of carbonyl (C=O) groups is 1. The summed E-state index contributed by atoms with van der Waals surface area (Å²) in [5.41, 5.74) is 1.60. The van der Waals surface area contributed by atoms with Gasteiger partial charge < -0.3 is 5.32 Å². The molecule has 4 heteroatoms. The van der Waals surface area contributed by atoms with Gasteiger partial charge in [0, 0.05) is 18.4 Å². The molecule has 0 spiro atoms. The molecular weight excluding hydrogens is 291 g/mol. The highest BCUT2D eigenvalue weighted by Gasteiger charge is 2.12. The summed E-state index contributed by atoms with van der Waals surface area (Å²) >= 11 is 0. The zero-order valence-electron chi connectivity index (χ0n) is 13.9. The number of halogens is 1. The summed E-state index contributed by atoms with van der Waals surface area (Å²) in [7, 11) is 0. The third kappa shape index (κ3) is 4.95. The van der Waals surface area contributed by atoms with E-state index in [1.807, 2.05) is 12.1 Å². The van der Waals surface area contributed by atoms with Crippen molar-refractivity contribution < 1.29 is 9.18 Å². The predicted octanol–water partition coefficient (Wildman–Crippen LogP) is 5.21. The van der Waals surface area contributed by atoms with Crippen molar-refractivity contribution in [1.29, 1.82) is 0 Å². The van der Waals surface area contributed by atoms with E-state index >= 15 is 0 Å². The Balaban J connectivity index is 2.00. The standard InChI is InChI=1S/C19H25FN2O/c1-3-5-6-10-18(4-2)21-19(23)22-12-11-16(14-22)15-8-7-9-17(20)13-15/h7-9,11-14,18H,3-6,10H2,1-2H3,(H,21,23).